The standard InChI is InChI=1S/C21H27NO2.C4H6O4/c1-16(21(24)19-7-9-20(23)10-8-19)22-13-11-18(12-14-22)15-17-5-3-2-4-6-17;5-3(6)1-2-4(7)8/h2-10,16,18,21,23-24H,11-15H2,1H3;1-2H2,(H,5,6)(H,7,8). The van der Waals surface area contributed by atoms with Crippen LogP contribution in [0.1, 0.15) is 49.8 Å². The van der Waals surface area contributed by atoms with Crippen molar-refractivity contribution < 1.29 is 30.0 Å². The summed E-state index contributed by atoms with van der Waals surface area (Å²) in [5.74, 6) is -1.18. The van der Waals surface area contributed by atoms with E-state index in [1.54, 1.807) is 24.3 Å². The number of phenols is 1. The molecule has 1 fully saturated rings. The maximum atomic E-state index is 10.6. The van der Waals surface area contributed by atoms with Gasteiger partial charge in [0.05, 0.1) is 18.9 Å². The summed E-state index contributed by atoms with van der Waals surface area (Å²) in [5.41, 5.74) is 2.29. The van der Waals surface area contributed by atoms with Gasteiger partial charge in [0.15, 0.2) is 0 Å². The lowest BCUT2D eigenvalue weighted by Gasteiger charge is -2.38. The molecule has 7 heteroatoms. The molecule has 0 bridgehead atoms. The summed E-state index contributed by atoms with van der Waals surface area (Å²) in [6.07, 6.45) is 2.41. The Morgan fingerprint density at radius 3 is 1.97 bits per heavy atom. The highest BCUT2D eigenvalue weighted by molar-refractivity contribution is 5.75. The lowest BCUT2D eigenvalue weighted by molar-refractivity contribution is -0.143. The topological polar surface area (TPSA) is 118 Å². The predicted octanol–water partition coefficient (Wildman–Crippen LogP) is 3.70. The molecule has 2 aromatic carbocycles. The number of aliphatic hydroxyl groups is 1. The van der Waals surface area contributed by atoms with Crippen molar-refractivity contribution in [3.63, 3.8) is 0 Å². The zero-order valence-electron chi connectivity index (χ0n) is 18.4. The van der Waals surface area contributed by atoms with E-state index < -0.39 is 18.0 Å². The van der Waals surface area contributed by atoms with Crippen LogP contribution in [0.4, 0.5) is 0 Å². The van der Waals surface area contributed by atoms with Gasteiger partial charge in [-0.1, -0.05) is 42.5 Å². The molecular weight excluding hydrogens is 410 g/mol. The molecule has 1 saturated heterocycles. The SMILES string of the molecule is CC(C(O)c1ccc(O)cc1)N1CCC(Cc2ccccc2)CC1.O=C(O)CCC(=O)O. The van der Waals surface area contributed by atoms with E-state index in [1.165, 1.54) is 18.4 Å². The number of hydrogen-bond acceptors (Lipinski definition) is 5. The van der Waals surface area contributed by atoms with E-state index in [2.05, 4.69) is 42.2 Å². The Labute approximate surface area is 188 Å². The van der Waals surface area contributed by atoms with E-state index in [1.807, 2.05) is 0 Å². The van der Waals surface area contributed by atoms with E-state index >= 15 is 0 Å². The number of piperidine rings is 1. The molecule has 7 nitrogen and oxygen atoms in total. The summed E-state index contributed by atoms with van der Waals surface area (Å²) in [5, 5.41) is 35.8. The molecule has 2 atom stereocenters. The number of carboxylic acid groups (broad SMARTS) is 2. The molecule has 32 heavy (non-hydrogen) atoms. The average molecular weight is 444 g/mol. The van der Waals surface area contributed by atoms with Crippen LogP contribution >= 0.6 is 0 Å². The van der Waals surface area contributed by atoms with Gasteiger partial charge >= 0.3 is 11.9 Å². The maximum absolute atomic E-state index is 10.6. The van der Waals surface area contributed by atoms with Crippen LogP contribution in [0, 0.1) is 5.92 Å². The van der Waals surface area contributed by atoms with Crippen molar-refractivity contribution in [1.82, 2.24) is 4.90 Å². The lowest BCUT2D eigenvalue weighted by atomic mass is 9.89. The minimum atomic E-state index is -1.08. The summed E-state index contributed by atoms with van der Waals surface area (Å²) in [6.45, 7) is 4.16. The first-order valence-electron chi connectivity index (χ1n) is 10.9. The number of aliphatic carboxylic acids is 2. The number of carboxylic acids is 2. The summed E-state index contributed by atoms with van der Waals surface area (Å²) >= 11 is 0. The molecule has 1 heterocycles. The van der Waals surface area contributed by atoms with E-state index in [9.17, 15) is 19.8 Å². The monoisotopic (exact) mass is 443 g/mol. The van der Waals surface area contributed by atoms with Crippen molar-refractivity contribution in [2.24, 2.45) is 5.92 Å². The van der Waals surface area contributed by atoms with Gasteiger partial charge in [-0.05, 0) is 68.5 Å². The van der Waals surface area contributed by atoms with E-state index in [0.717, 1.165) is 31.0 Å². The Bertz CT molecular complexity index is 817. The molecule has 0 saturated carbocycles. The number of benzene rings is 2. The van der Waals surface area contributed by atoms with Crippen LogP contribution < -0.4 is 0 Å². The Kier molecular flexibility index (Phi) is 10.2. The second kappa shape index (κ2) is 12.8. The van der Waals surface area contributed by atoms with Gasteiger partial charge in [0.1, 0.15) is 5.75 Å². The Morgan fingerprint density at radius 1 is 0.938 bits per heavy atom. The fraction of sp³-hybridized carbons (Fsp3) is 0.440. The van der Waals surface area contributed by atoms with Gasteiger partial charge < -0.3 is 20.4 Å². The van der Waals surface area contributed by atoms with Crippen LogP contribution in [0.3, 0.4) is 0 Å². The van der Waals surface area contributed by atoms with Crippen molar-refractivity contribution in [2.75, 3.05) is 13.1 Å². The molecule has 0 radical (unpaired) electrons. The van der Waals surface area contributed by atoms with Gasteiger partial charge in [0, 0.05) is 6.04 Å². The Balaban J connectivity index is 0.000000390. The first kappa shape index (κ1) is 25.4. The summed E-state index contributed by atoms with van der Waals surface area (Å²) < 4.78 is 0. The highest BCUT2D eigenvalue weighted by atomic mass is 16.4. The van der Waals surface area contributed by atoms with Crippen LogP contribution in [-0.2, 0) is 16.0 Å². The number of likely N-dealkylation sites (tertiary alicyclic amines) is 1. The lowest BCUT2D eigenvalue weighted by Crippen LogP contribution is -2.43. The number of aliphatic hydroxyl groups excluding tert-OH is 1. The molecule has 2 unspecified atom stereocenters. The van der Waals surface area contributed by atoms with E-state index in [0.29, 0.717) is 0 Å². The van der Waals surface area contributed by atoms with Crippen molar-refractivity contribution in [3.8, 4) is 5.75 Å². The molecule has 3 rings (SSSR count). The van der Waals surface area contributed by atoms with Crippen molar-refractivity contribution >= 4 is 11.9 Å². The summed E-state index contributed by atoms with van der Waals surface area (Å²) in [6, 6.07) is 17.7. The maximum Gasteiger partial charge on any atom is 0.303 e. The fourth-order valence-corrected chi connectivity index (χ4v) is 3.88. The zero-order valence-corrected chi connectivity index (χ0v) is 18.4. The molecule has 2 aromatic rings. The smallest absolute Gasteiger partial charge is 0.303 e. The second-order valence-electron chi connectivity index (χ2n) is 8.23. The number of phenolic OH excluding ortho intramolecular Hbond substituents is 1. The van der Waals surface area contributed by atoms with Gasteiger partial charge in [-0.3, -0.25) is 14.5 Å². The summed E-state index contributed by atoms with van der Waals surface area (Å²) in [4.78, 5) is 21.7. The summed E-state index contributed by atoms with van der Waals surface area (Å²) in [7, 11) is 0. The van der Waals surface area contributed by atoms with Crippen molar-refractivity contribution in [3.05, 3.63) is 65.7 Å². The molecule has 174 valence electrons. The second-order valence-corrected chi connectivity index (χ2v) is 8.23. The molecule has 0 amide bonds. The third-order valence-corrected chi connectivity index (χ3v) is 5.84. The average Bonchev–Trinajstić information content (AvgIpc) is 2.79. The molecular formula is C25H33NO6. The third kappa shape index (κ3) is 8.69. The minimum Gasteiger partial charge on any atom is -0.508 e. The van der Waals surface area contributed by atoms with E-state index in [4.69, 9.17) is 10.2 Å². The number of rotatable bonds is 8. The number of nitrogens with zero attached hydrogens (tertiary/aromatic N) is 1. The van der Waals surface area contributed by atoms with Gasteiger partial charge in [-0.25, -0.2) is 0 Å². The Morgan fingerprint density at radius 2 is 1.47 bits per heavy atom. The van der Waals surface area contributed by atoms with Gasteiger partial charge in [-0.2, -0.15) is 0 Å². The third-order valence-electron chi connectivity index (χ3n) is 5.84. The molecule has 0 aromatic heterocycles. The molecule has 1 aliphatic heterocycles. The van der Waals surface area contributed by atoms with Gasteiger partial charge in [-0.15, -0.1) is 0 Å². The fourth-order valence-electron chi connectivity index (χ4n) is 3.88. The van der Waals surface area contributed by atoms with Gasteiger partial charge in [0.25, 0.3) is 0 Å². The minimum absolute atomic E-state index is 0.0900. The first-order valence-corrected chi connectivity index (χ1v) is 10.9. The zero-order chi connectivity index (χ0) is 23.5. The number of aromatic hydroxyl groups is 1. The highest BCUT2D eigenvalue weighted by Crippen LogP contribution is 2.28. The highest BCUT2D eigenvalue weighted by Gasteiger charge is 2.27. The largest absolute Gasteiger partial charge is 0.508 e. The van der Waals surface area contributed by atoms with Crippen LogP contribution in [0.15, 0.2) is 54.6 Å². The quantitative estimate of drug-likeness (QED) is 0.491. The normalized spacial score (nSPS) is 16.4. The molecule has 4 N–H and O–H groups in total. The Hall–Kier alpha value is -2.90. The van der Waals surface area contributed by atoms with Crippen LogP contribution in [0.25, 0.3) is 0 Å². The van der Waals surface area contributed by atoms with Crippen LogP contribution in [0.5, 0.6) is 5.75 Å². The van der Waals surface area contributed by atoms with Crippen molar-refractivity contribution in [2.45, 2.75) is 51.2 Å². The van der Waals surface area contributed by atoms with Crippen LogP contribution in [-0.4, -0.2) is 56.4 Å². The van der Waals surface area contributed by atoms with Crippen LogP contribution in [0.2, 0.25) is 0 Å². The number of carbonyl (C=O) groups is 2. The predicted molar refractivity (Wildman–Crippen MR) is 121 cm³/mol. The molecule has 1 aliphatic rings. The van der Waals surface area contributed by atoms with Crippen molar-refractivity contribution in [1.29, 1.82) is 0 Å². The molecule has 0 spiro atoms. The van der Waals surface area contributed by atoms with E-state index in [-0.39, 0.29) is 24.6 Å². The first-order chi connectivity index (χ1) is 15.3. The number of hydrogen-bond donors (Lipinski definition) is 4. The van der Waals surface area contributed by atoms with Gasteiger partial charge in [0.2, 0.25) is 0 Å². The molecule has 0 aliphatic carbocycles.